The molecule has 1 aromatic heterocycles. The number of aromatic nitrogens is 2. The molecule has 0 aliphatic carbocycles. The number of anilines is 1. The molecule has 2 heterocycles. The standard InChI is InChI=1S/C16H19N3O/c1-2-13-5-3-4-6-14(13)15-7-8-16(18-17-15)19-9-11-20-12-10-19/h3-8H,2,9-12H2,1H3. The number of aryl methyl sites for hydroxylation is 1. The van der Waals surface area contributed by atoms with Crippen LogP contribution in [0.5, 0.6) is 0 Å². The Morgan fingerprint density at radius 3 is 2.55 bits per heavy atom. The first-order chi connectivity index (χ1) is 9.88. The molecule has 0 bridgehead atoms. The lowest BCUT2D eigenvalue weighted by Crippen LogP contribution is -2.36. The minimum absolute atomic E-state index is 0.766. The van der Waals surface area contributed by atoms with Gasteiger partial charge in [-0.2, -0.15) is 0 Å². The highest BCUT2D eigenvalue weighted by molar-refractivity contribution is 5.64. The molecule has 1 aliphatic rings. The zero-order valence-corrected chi connectivity index (χ0v) is 11.7. The van der Waals surface area contributed by atoms with Crippen LogP contribution < -0.4 is 4.90 Å². The van der Waals surface area contributed by atoms with E-state index in [9.17, 15) is 0 Å². The lowest BCUT2D eigenvalue weighted by Gasteiger charge is -2.27. The zero-order chi connectivity index (χ0) is 13.8. The largest absolute Gasteiger partial charge is 0.378 e. The van der Waals surface area contributed by atoms with Gasteiger partial charge in [-0.3, -0.25) is 0 Å². The lowest BCUT2D eigenvalue weighted by molar-refractivity contribution is 0.122. The number of morpholine rings is 1. The van der Waals surface area contributed by atoms with Crippen molar-refractivity contribution in [3.63, 3.8) is 0 Å². The van der Waals surface area contributed by atoms with Crippen LogP contribution in [-0.2, 0) is 11.2 Å². The highest BCUT2D eigenvalue weighted by Crippen LogP contribution is 2.23. The molecular weight excluding hydrogens is 250 g/mol. The molecule has 0 atom stereocenters. The Labute approximate surface area is 119 Å². The molecule has 4 heteroatoms. The van der Waals surface area contributed by atoms with Crippen LogP contribution in [0.25, 0.3) is 11.3 Å². The van der Waals surface area contributed by atoms with Crippen molar-refractivity contribution in [2.45, 2.75) is 13.3 Å². The maximum Gasteiger partial charge on any atom is 0.151 e. The summed E-state index contributed by atoms with van der Waals surface area (Å²) in [6.07, 6.45) is 1.00. The zero-order valence-electron chi connectivity index (χ0n) is 11.7. The van der Waals surface area contributed by atoms with Gasteiger partial charge in [0.15, 0.2) is 5.82 Å². The molecule has 0 unspecified atom stereocenters. The molecule has 1 aliphatic heterocycles. The Kier molecular flexibility index (Phi) is 3.92. The second kappa shape index (κ2) is 6.01. The van der Waals surface area contributed by atoms with E-state index in [4.69, 9.17) is 4.74 Å². The van der Waals surface area contributed by atoms with Crippen LogP contribution >= 0.6 is 0 Å². The monoisotopic (exact) mass is 269 g/mol. The molecule has 20 heavy (non-hydrogen) atoms. The van der Waals surface area contributed by atoms with Crippen molar-refractivity contribution in [3.05, 3.63) is 42.0 Å². The number of ether oxygens (including phenoxy) is 1. The SMILES string of the molecule is CCc1ccccc1-c1ccc(N2CCOCC2)nn1. The van der Waals surface area contributed by atoms with Crippen molar-refractivity contribution < 1.29 is 4.74 Å². The topological polar surface area (TPSA) is 38.2 Å². The molecule has 0 saturated carbocycles. The van der Waals surface area contributed by atoms with Crippen LogP contribution in [0, 0.1) is 0 Å². The summed E-state index contributed by atoms with van der Waals surface area (Å²) in [5.74, 6) is 0.936. The van der Waals surface area contributed by atoms with Gasteiger partial charge in [0, 0.05) is 18.7 Å². The van der Waals surface area contributed by atoms with Crippen molar-refractivity contribution in [1.82, 2.24) is 10.2 Å². The van der Waals surface area contributed by atoms with Gasteiger partial charge in [-0.25, -0.2) is 0 Å². The molecular formula is C16H19N3O. The predicted molar refractivity (Wildman–Crippen MR) is 79.9 cm³/mol. The number of nitrogens with zero attached hydrogens (tertiary/aromatic N) is 3. The Morgan fingerprint density at radius 1 is 1.05 bits per heavy atom. The van der Waals surface area contributed by atoms with Crippen LogP contribution in [-0.4, -0.2) is 36.5 Å². The van der Waals surface area contributed by atoms with Gasteiger partial charge in [-0.05, 0) is 24.1 Å². The molecule has 104 valence electrons. The second-order valence-electron chi connectivity index (χ2n) is 4.89. The summed E-state index contributed by atoms with van der Waals surface area (Å²) in [5, 5.41) is 8.77. The average Bonchev–Trinajstić information content (AvgIpc) is 2.56. The summed E-state index contributed by atoms with van der Waals surface area (Å²) in [6, 6.07) is 12.5. The molecule has 2 aromatic rings. The quantitative estimate of drug-likeness (QED) is 0.858. The van der Waals surface area contributed by atoms with Crippen molar-refractivity contribution >= 4 is 5.82 Å². The number of rotatable bonds is 3. The number of hydrogen-bond acceptors (Lipinski definition) is 4. The van der Waals surface area contributed by atoms with E-state index in [1.165, 1.54) is 11.1 Å². The summed E-state index contributed by atoms with van der Waals surface area (Å²) >= 11 is 0. The molecule has 1 aromatic carbocycles. The fraction of sp³-hybridized carbons (Fsp3) is 0.375. The van der Waals surface area contributed by atoms with Crippen molar-refractivity contribution in [1.29, 1.82) is 0 Å². The second-order valence-corrected chi connectivity index (χ2v) is 4.89. The average molecular weight is 269 g/mol. The van der Waals surface area contributed by atoms with Crippen LogP contribution in [0.15, 0.2) is 36.4 Å². The third-order valence-corrected chi connectivity index (χ3v) is 3.66. The van der Waals surface area contributed by atoms with E-state index in [-0.39, 0.29) is 0 Å². The molecule has 1 fully saturated rings. The van der Waals surface area contributed by atoms with Gasteiger partial charge in [0.1, 0.15) is 0 Å². The van der Waals surface area contributed by atoms with Gasteiger partial charge >= 0.3 is 0 Å². The van der Waals surface area contributed by atoms with Crippen LogP contribution in [0.2, 0.25) is 0 Å². The van der Waals surface area contributed by atoms with E-state index in [0.717, 1.165) is 44.2 Å². The smallest absolute Gasteiger partial charge is 0.151 e. The molecule has 0 spiro atoms. The Bertz CT molecular complexity index is 562. The predicted octanol–water partition coefficient (Wildman–Crippen LogP) is 2.54. The van der Waals surface area contributed by atoms with E-state index in [1.54, 1.807) is 0 Å². The summed E-state index contributed by atoms with van der Waals surface area (Å²) in [4.78, 5) is 2.21. The fourth-order valence-electron chi connectivity index (χ4n) is 2.51. The lowest BCUT2D eigenvalue weighted by atomic mass is 10.0. The Balaban J connectivity index is 1.85. The first kappa shape index (κ1) is 13.1. The van der Waals surface area contributed by atoms with E-state index in [2.05, 4.69) is 52.4 Å². The van der Waals surface area contributed by atoms with E-state index in [0.29, 0.717) is 0 Å². The first-order valence-corrected chi connectivity index (χ1v) is 7.13. The number of benzene rings is 1. The van der Waals surface area contributed by atoms with Crippen LogP contribution in [0.4, 0.5) is 5.82 Å². The third-order valence-electron chi connectivity index (χ3n) is 3.66. The van der Waals surface area contributed by atoms with Crippen LogP contribution in [0.1, 0.15) is 12.5 Å². The van der Waals surface area contributed by atoms with Crippen molar-refractivity contribution in [2.75, 3.05) is 31.2 Å². The summed E-state index contributed by atoms with van der Waals surface area (Å²) in [7, 11) is 0. The Morgan fingerprint density at radius 2 is 1.85 bits per heavy atom. The van der Waals surface area contributed by atoms with Gasteiger partial charge in [0.2, 0.25) is 0 Å². The van der Waals surface area contributed by atoms with Gasteiger partial charge in [-0.15, -0.1) is 10.2 Å². The van der Waals surface area contributed by atoms with Gasteiger partial charge in [-0.1, -0.05) is 31.2 Å². The van der Waals surface area contributed by atoms with Crippen LogP contribution in [0.3, 0.4) is 0 Å². The minimum Gasteiger partial charge on any atom is -0.378 e. The maximum absolute atomic E-state index is 5.35. The Hall–Kier alpha value is -1.94. The maximum atomic E-state index is 5.35. The molecule has 4 nitrogen and oxygen atoms in total. The summed E-state index contributed by atoms with van der Waals surface area (Å²) in [6.45, 7) is 5.47. The highest BCUT2D eigenvalue weighted by Gasteiger charge is 2.13. The number of hydrogen-bond donors (Lipinski definition) is 0. The molecule has 0 amide bonds. The molecule has 0 radical (unpaired) electrons. The van der Waals surface area contributed by atoms with Gasteiger partial charge in [0.05, 0.1) is 18.9 Å². The van der Waals surface area contributed by atoms with E-state index >= 15 is 0 Å². The van der Waals surface area contributed by atoms with E-state index < -0.39 is 0 Å². The molecule has 3 rings (SSSR count). The minimum atomic E-state index is 0.766. The summed E-state index contributed by atoms with van der Waals surface area (Å²) in [5.41, 5.74) is 3.43. The highest BCUT2D eigenvalue weighted by atomic mass is 16.5. The summed E-state index contributed by atoms with van der Waals surface area (Å²) < 4.78 is 5.35. The van der Waals surface area contributed by atoms with Gasteiger partial charge in [0.25, 0.3) is 0 Å². The van der Waals surface area contributed by atoms with Crippen molar-refractivity contribution in [2.24, 2.45) is 0 Å². The molecule has 0 N–H and O–H groups in total. The molecule has 1 saturated heterocycles. The van der Waals surface area contributed by atoms with Crippen molar-refractivity contribution in [3.8, 4) is 11.3 Å². The van der Waals surface area contributed by atoms with E-state index in [1.807, 2.05) is 6.07 Å². The van der Waals surface area contributed by atoms with Gasteiger partial charge < -0.3 is 9.64 Å². The normalized spacial score (nSPS) is 15.3. The first-order valence-electron chi connectivity index (χ1n) is 7.13. The third kappa shape index (κ3) is 2.65. The fourth-order valence-corrected chi connectivity index (χ4v) is 2.51.